The number of hydrogen-bond acceptors (Lipinski definition) is 4. The average molecular weight is 377 g/mol. The molecule has 0 atom stereocenters. The number of guanidine groups is 1. The number of ether oxygens (including phenoxy) is 2. The molecule has 0 aliphatic carbocycles. The fourth-order valence-corrected chi connectivity index (χ4v) is 3.42. The van der Waals surface area contributed by atoms with Crippen LogP contribution in [0, 0.1) is 0 Å². The van der Waals surface area contributed by atoms with E-state index in [9.17, 15) is 0 Å². The smallest absolute Gasteiger partial charge is 0.193 e. The first-order valence-electron chi connectivity index (χ1n) is 9.91. The highest BCUT2D eigenvalue weighted by Gasteiger charge is 2.21. The van der Waals surface area contributed by atoms with Gasteiger partial charge in [0.25, 0.3) is 0 Å². The van der Waals surface area contributed by atoms with Gasteiger partial charge < -0.3 is 24.6 Å². The minimum atomic E-state index is 0.358. The molecule has 0 aromatic heterocycles. The number of likely N-dealkylation sites (tertiary alicyclic amines) is 1. The maximum Gasteiger partial charge on any atom is 0.193 e. The third kappa shape index (κ3) is 7.48. The van der Waals surface area contributed by atoms with Crippen LogP contribution in [0.4, 0.5) is 0 Å². The van der Waals surface area contributed by atoms with E-state index in [1.165, 1.54) is 11.1 Å². The van der Waals surface area contributed by atoms with Crippen LogP contribution in [0.15, 0.2) is 29.3 Å². The van der Waals surface area contributed by atoms with Gasteiger partial charge in [-0.15, -0.1) is 0 Å². The molecule has 152 valence electrons. The molecule has 2 rings (SSSR count). The second kappa shape index (κ2) is 12.0. The van der Waals surface area contributed by atoms with Crippen molar-refractivity contribution in [3.63, 3.8) is 0 Å². The predicted molar refractivity (Wildman–Crippen MR) is 111 cm³/mol. The number of hydrogen-bond donors (Lipinski definition) is 1. The number of nitrogens with zero attached hydrogens (tertiary/aromatic N) is 3. The Balaban J connectivity index is 1.80. The highest BCUT2D eigenvalue weighted by atomic mass is 16.5. The van der Waals surface area contributed by atoms with E-state index in [4.69, 9.17) is 9.47 Å². The Morgan fingerprint density at radius 1 is 1.19 bits per heavy atom. The molecular weight excluding hydrogens is 340 g/mol. The van der Waals surface area contributed by atoms with Crippen LogP contribution < -0.4 is 5.32 Å². The van der Waals surface area contributed by atoms with Gasteiger partial charge in [0, 0.05) is 53.6 Å². The summed E-state index contributed by atoms with van der Waals surface area (Å²) in [5.41, 5.74) is 2.68. The van der Waals surface area contributed by atoms with E-state index >= 15 is 0 Å². The van der Waals surface area contributed by atoms with Gasteiger partial charge in [-0.3, -0.25) is 4.99 Å². The van der Waals surface area contributed by atoms with Gasteiger partial charge in [-0.2, -0.15) is 0 Å². The van der Waals surface area contributed by atoms with E-state index in [2.05, 4.69) is 58.5 Å². The van der Waals surface area contributed by atoms with Crippen molar-refractivity contribution in [2.75, 3.05) is 54.6 Å². The van der Waals surface area contributed by atoms with Gasteiger partial charge in [-0.1, -0.05) is 24.3 Å². The third-order valence-corrected chi connectivity index (χ3v) is 4.84. The predicted octanol–water partition coefficient (Wildman–Crippen LogP) is 2.34. The number of piperidine rings is 1. The standard InChI is InChI=1S/C21H36N4O2/c1-22-21(23-16-18-8-5-6-9-19(18)17-24(2)3)25-12-10-20(11-13-25)27-15-7-14-26-4/h5-6,8-9,20H,7,10-17H2,1-4H3,(H,22,23). The molecule has 1 aliphatic heterocycles. The van der Waals surface area contributed by atoms with E-state index in [1.807, 2.05) is 7.05 Å². The van der Waals surface area contributed by atoms with E-state index in [-0.39, 0.29) is 0 Å². The summed E-state index contributed by atoms with van der Waals surface area (Å²) in [5.74, 6) is 0.979. The lowest BCUT2D eigenvalue weighted by Crippen LogP contribution is -2.46. The van der Waals surface area contributed by atoms with Crippen LogP contribution in [0.1, 0.15) is 30.4 Å². The van der Waals surface area contributed by atoms with Gasteiger partial charge in [0.1, 0.15) is 0 Å². The Hall–Kier alpha value is -1.63. The van der Waals surface area contributed by atoms with Gasteiger partial charge in [0.05, 0.1) is 6.10 Å². The monoisotopic (exact) mass is 376 g/mol. The minimum absolute atomic E-state index is 0.358. The van der Waals surface area contributed by atoms with Crippen molar-refractivity contribution in [1.82, 2.24) is 15.1 Å². The van der Waals surface area contributed by atoms with Crippen molar-refractivity contribution in [1.29, 1.82) is 0 Å². The number of aliphatic imine (C=N–C) groups is 1. The van der Waals surface area contributed by atoms with Gasteiger partial charge in [-0.25, -0.2) is 0 Å². The zero-order valence-corrected chi connectivity index (χ0v) is 17.4. The maximum atomic E-state index is 5.96. The summed E-state index contributed by atoms with van der Waals surface area (Å²) in [4.78, 5) is 9.03. The topological polar surface area (TPSA) is 49.3 Å². The summed E-state index contributed by atoms with van der Waals surface area (Å²) >= 11 is 0. The first-order valence-corrected chi connectivity index (χ1v) is 9.91. The van der Waals surface area contributed by atoms with Crippen LogP contribution in [0.3, 0.4) is 0 Å². The highest BCUT2D eigenvalue weighted by Crippen LogP contribution is 2.15. The Bertz CT molecular complexity index is 569. The molecule has 1 fully saturated rings. The first-order chi connectivity index (χ1) is 13.1. The Morgan fingerprint density at radius 2 is 1.89 bits per heavy atom. The molecule has 0 radical (unpaired) electrons. The van der Waals surface area contributed by atoms with Crippen LogP contribution >= 0.6 is 0 Å². The van der Waals surface area contributed by atoms with Crippen LogP contribution in [0.5, 0.6) is 0 Å². The second-order valence-electron chi connectivity index (χ2n) is 7.31. The Kier molecular flexibility index (Phi) is 9.59. The quantitative estimate of drug-likeness (QED) is 0.407. The molecule has 1 N–H and O–H groups in total. The van der Waals surface area contributed by atoms with Crippen LogP contribution in [0.25, 0.3) is 0 Å². The first kappa shape index (κ1) is 21.7. The summed E-state index contributed by atoms with van der Waals surface area (Å²) in [6, 6.07) is 8.60. The molecule has 0 unspecified atom stereocenters. The molecule has 1 aromatic rings. The zero-order valence-electron chi connectivity index (χ0n) is 17.4. The van der Waals surface area contributed by atoms with Crippen LogP contribution in [-0.4, -0.2) is 76.4 Å². The van der Waals surface area contributed by atoms with Crippen molar-refractivity contribution in [2.45, 2.75) is 38.5 Å². The van der Waals surface area contributed by atoms with Gasteiger partial charge >= 0.3 is 0 Å². The lowest BCUT2D eigenvalue weighted by molar-refractivity contribution is 0.00989. The lowest BCUT2D eigenvalue weighted by Gasteiger charge is -2.34. The normalized spacial score (nSPS) is 16.2. The number of methoxy groups -OCH3 is 1. The minimum Gasteiger partial charge on any atom is -0.385 e. The summed E-state index contributed by atoms with van der Waals surface area (Å²) in [6.07, 6.45) is 3.42. The lowest BCUT2D eigenvalue weighted by atomic mass is 10.1. The summed E-state index contributed by atoms with van der Waals surface area (Å²) in [7, 11) is 7.80. The highest BCUT2D eigenvalue weighted by molar-refractivity contribution is 5.80. The zero-order chi connectivity index (χ0) is 19.5. The van der Waals surface area contributed by atoms with Crippen molar-refractivity contribution >= 4 is 5.96 Å². The van der Waals surface area contributed by atoms with E-state index in [0.717, 1.165) is 64.6 Å². The van der Waals surface area contributed by atoms with Gasteiger partial charge in [-0.05, 0) is 44.5 Å². The van der Waals surface area contributed by atoms with Gasteiger partial charge in [0.15, 0.2) is 5.96 Å². The maximum absolute atomic E-state index is 5.96. The largest absolute Gasteiger partial charge is 0.385 e. The third-order valence-electron chi connectivity index (χ3n) is 4.84. The number of benzene rings is 1. The molecule has 1 saturated heterocycles. The van der Waals surface area contributed by atoms with Crippen molar-refractivity contribution in [3.05, 3.63) is 35.4 Å². The van der Waals surface area contributed by atoms with Gasteiger partial charge in [0.2, 0.25) is 0 Å². The molecule has 0 saturated carbocycles. The second-order valence-corrected chi connectivity index (χ2v) is 7.31. The fourth-order valence-electron chi connectivity index (χ4n) is 3.42. The molecule has 1 aliphatic rings. The molecule has 1 heterocycles. The molecule has 6 heteroatoms. The van der Waals surface area contributed by atoms with E-state index in [1.54, 1.807) is 7.11 Å². The van der Waals surface area contributed by atoms with Crippen LogP contribution in [0.2, 0.25) is 0 Å². The Labute approximate surface area is 164 Å². The molecule has 0 spiro atoms. The average Bonchev–Trinajstić information content (AvgIpc) is 2.67. The van der Waals surface area contributed by atoms with Crippen molar-refractivity contribution < 1.29 is 9.47 Å². The molecule has 1 aromatic carbocycles. The fraction of sp³-hybridized carbons (Fsp3) is 0.667. The Morgan fingerprint density at radius 3 is 2.52 bits per heavy atom. The number of nitrogens with one attached hydrogen (secondary N) is 1. The summed E-state index contributed by atoms with van der Waals surface area (Å²) < 4.78 is 11.0. The molecule has 6 nitrogen and oxygen atoms in total. The van der Waals surface area contributed by atoms with E-state index < -0.39 is 0 Å². The number of rotatable bonds is 9. The van der Waals surface area contributed by atoms with E-state index in [0.29, 0.717) is 6.10 Å². The van der Waals surface area contributed by atoms with Crippen molar-refractivity contribution in [3.8, 4) is 0 Å². The van der Waals surface area contributed by atoms with Crippen molar-refractivity contribution in [2.24, 2.45) is 4.99 Å². The SMILES string of the molecule is CN=C(NCc1ccccc1CN(C)C)N1CCC(OCCCOC)CC1. The van der Waals surface area contributed by atoms with Crippen LogP contribution in [-0.2, 0) is 22.6 Å². The summed E-state index contributed by atoms with van der Waals surface area (Å²) in [5, 5.41) is 3.54. The molecule has 0 amide bonds. The molecule has 27 heavy (non-hydrogen) atoms. The summed E-state index contributed by atoms with van der Waals surface area (Å²) in [6.45, 7) is 5.26. The molecule has 0 bridgehead atoms. The molecular formula is C21H36N4O2.